The molecule has 1 aromatic carbocycles. The van der Waals surface area contributed by atoms with Crippen molar-refractivity contribution in [2.45, 2.75) is 32.6 Å². The van der Waals surface area contributed by atoms with Crippen LogP contribution in [0.15, 0.2) is 30.3 Å². The first kappa shape index (κ1) is 13.9. The van der Waals surface area contributed by atoms with E-state index in [1.165, 1.54) is 18.4 Å². The van der Waals surface area contributed by atoms with Crippen LogP contribution in [0, 0.1) is 5.92 Å². The minimum atomic E-state index is 0.104. The molecule has 0 radical (unpaired) electrons. The number of carbonyl (C=O) groups excluding carboxylic acids is 1. The number of rotatable bonds is 4. The molecule has 0 spiro atoms. The molecule has 1 aromatic rings. The van der Waals surface area contributed by atoms with Crippen LogP contribution < -0.4 is 5.32 Å². The first-order valence-corrected chi connectivity index (χ1v) is 7.36. The lowest BCUT2D eigenvalue weighted by atomic mass is 9.92. The van der Waals surface area contributed by atoms with Gasteiger partial charge in [0, 0.05) is 19.6 Å². The van der Waals surface area contributed by atoms with Gasteiger partial charge in [-0.3, -0.25) is 0 Å². The van der Waals surface area contributed by atoms with Crippen LogP contribution in [0.3, 0.4) is 0 Å². The van der Waals surface area contributed by atoms with Gasteiger partial charge >= 0.3 is 6.03 Å². The molecule has 2 amide bonds. The normalized spacial score (nSPS) is 19.2. The van der Waals surface area contributed by atoms with Crippen LogP contribution in [0.4, 0.5) is 4.79 Å². The maximum Gasteiger partial charge on any atom is 0.317 e. The van der Waals surface area contributed by atoms with Gasteiger partial charge in [-0.2, -0.15) is 0 Å². The third-order valence-corrected chi connectivity index (χ3v) is 3.82. The van der Waals surface area contributed by atoms with Gasteiger partial charge in [-0.05, 0) is 44.1 Å². The molecule has 1 unspecified atom stereocenters. The fourth-order valence-electron chi connectivity index (χ4n) is 2.76. The second kappa shape index (κ2) is 7.17. The monoisotopic (exact) mass is 260 g/mol. The number of hydrogen-bond donors (Lipinski definition) is 1. The van der Waals surface area contributed by atoms with Crippen LogP contribution in [0.25, 0.3) is 0 Å². The molecule has 2 rings (SSSR count). The quantitative estimate of drug-likeness (QED) is 0.886. The van der Waals surface area contributed by atoms with Crippen LogP contribution in [-0.4, -0.2) is 30.6 Å². The fourth-order valence-corrected chi connectivity index (χ4v) is 2.76. The van der Waals surface area contributed by atoms with Gasteiger partial charge in [0.15, 0.2) is 0 Å². The highest BCUT2D eigenvalue weighted by Crippen LogP contribution is 2.21. The summed E-state index contributed by atoms with van der Waals surface area (Å²) in [6.45, 7) is 4.51. The van der Waals surface area contributed by atoms with E-state index in [4.69, 9.17) is 0 Å². The van der Waals surface area contributed by atoms with Crippen LogP contribution in [0.5, 0.6) is 0 Å². The molecule has 1 atom stereocenters. The fraction of sp³-hybridized carbons (Fsp3) is 0.562. The van der Waals surface area contributed by atoms with E-state index in [1.54, 1.807) is 0 Å². The van der Waals surface area contributed by atoms with Crippen molar-refractivity contribution in [3.8, 4) is 0 Å². The average molecular weight is 260 g/mol. The molecular formula is C16H24N2O. The number of benzene rings is 1. The lowest BCUT2D eigenvalue weighted by Gasteiger charge is -2.32. The smallest absolute Gasteiger partial charge is 0.317 e. The summed E-state index contributed by atoms with van der Waals surface area (Å²) in [5, 5.41) is 2.90. The number of amides is 2. The molecule has 1 saturated heterocycles. The third-order valence-electron chi connectivity index (χ3n) is 3.82. The first-order chi connectivity index (χ1) is 9.29. The molecule has 19 heavy (non-hydrogen) atoms. The Labute approximate surface area is 116 Å². The summed E-state index contributed by atoms with van der Waals surface area (Å²) >= 11 is 0. The standard InChI is InChI=1S/C16H24N2O/c1-2-17-16(19)18-12-6-9-15(13-18)11-10-14-7-4-3-5-8-14/h3-5,7-8,15H,2,6,9-13H2,1H3,(H,17,19). The zero-order valence-corrected chi connectivity index (χ0v) is 11.8. The number of urea groups is 1. The molecule has 0 aliphatic carbocycles. The molecule has 1 aliphatic heterocycles. The highest BCUT2D eigenvalue weighted by Gasteiger charge is 2.22. The third kappa shape index (κ3) is 4.27. The number of hydrogen-bond acceptors (Lipinski definition) is 1. The molecule has 1 heterocycles. The number of nitrogens with zero attached hydrogens (tertiary/aromatic N) is 1. The van der Waals surface area contributed by atoms with Gasteiger partial charge in [0.25, 0.3) is 0 Å². The summed E-state index contributed by atoms with van der Waals surface area (Å²) in [6.07, 6.45) is 4.69. The predicted octanol–water partition coefficient (Wildman–Crippen LogP) is 3.06. The maximum absolute atomic E-state index is 11.8. The number of carbonyl (C=O) groups is 1. The van der Waals surface area contributed by atoms with E-state index >= 15 is 0 Å². The Hall–Kier alpha value is -1.51. The van der Waals surface area contributed by atoms with Gasteiger partial charge < -0.3 is 10.2 Å². The Kier molecular flexibility index (Phi) is 5.25. The topological polar surface area (TPSA) is 32.3 Å². The molecule has 104 valence electrons. The summed E-state index contributed by atoms with van der Waals surface area (Å²) in [5.41, 5.74) is 1.40. The van der Waals surface area contributed by atoms with Gasteiger partial charge in [0.05, 0.1) is 0 Å². The highest BCUT2D eigenvalue weighted by atomic mass is 16.2. The molecule has 0 bridgehead atoms. The Balaban J connectivity index is 1.79. The highest BCUT2D eigenvalue weighted by molar-refractivity contribution is 5.74. The van der Waals surface area contributed by atoms with Crippen molar-refractivity contribution in [1.29, 1.82) is 0 Å². The van der Waals surface area contributed by atoms with Crippen LogP contribution in [-0.2, 0) is 6.42 Å². The zero-order valence-electron chi connectivity index (χ0n) is 11.8. The summed E-state index contributed by atoms with van der Waals surface area (Å²) < 4.78 is 0. The molecule has 3 heteroatoms. The molecule has 1 aliphatic rings. The largest absolute Gasteiger partial charge is 0.338 e. The Morgan fingerprint density at radius 3 is 2.89 bits per heavy atom. The minimum Gasteiger partial charge on any atom is -0.338 e. The summed E-state index contributed by atoms with van der Waals surface area (Å²) in [7, 11) is 0. The van der Waals surface area contributed by atoms with E-state index in [-0.39, 0.29) is 6.03 Å². The lowest BCUT2D eigenvalue weighted by Crippen LogP contribution is -2.45. The second-order valence-corrected chi connectivity index (χ2v) is 5.31. The van der Waals surface area contributed by atoms with E-state index in [2.05, 4.69) is 35.6 Å². The van der Waals surface area contributed by atoms with Crippen LogP contribution in [0.2, 0.25) is 0 Å². The van der Waals surface area contributed by atoms with E-state index < -0.39 is 0 Å². The molecular weight excluding hydrogens is 236 g/mol. The maximum atomic E-state index is 11.8. The molecule has 0 saturated carbocycles. The average Bonchev–Trinajstić information content (AvgIpc) is 2.47. The predicted molar refractivity (Wildman–Crippen MR) is 78.1 cm³/mol. The molecule has 1 N–H and O–H groups in total. The number of likely N-dealkylation sites (tertiary alicyclic amines) is 1. The number of piperidine rings is 1. The van der Waals surface area contributed by atoms with Gasteiger partial charge in [-0.25, -0.2) is 4.79 Å². The van der Waals surface area contributed by atoms with Crippen LogP contribution in [0.1, 0.15) is 31.7 Å². The van der Waals surface area contributed by atoms with Crippen molar-refractivity contribution in [3.63, 3.8) is 0 Å². The summed E-state index contributed by atoms with van der Waals surface area (Å²) in [5.74, 6) is 0.650. The van der Waals surface area contributed by atoms with Crippen molar-refractivity contribution in [2.24, 2.45) is 5.92 Å². The number of aryl methyl sites for hydroxylation is 1. The SMILES string of the molecule is CCNC(=O)N1CCCC(CCc2ccccc2)C1. The molecule has 0 aromatic heterocycles. The number of nitrogens with one attached hydrogen (secondary N) is 1. The lowest BCUT2D eigenvalue weighted by molar-refractivity contribution is 0.163. The van der Waals surface area contributed by atoms with E-state index in [0.717, 1.165) is 25.9 Å². The summed E-state index contributed by atoms with van der Waals surface area (Å²) in [6, 6.07) is 10.7. The van der Waals surface area contributed by atoms with E-state index in [9.17, 15) is 4.79 Å². The summed E-state index contributed by atoms with van der Waals surface area (Å²) in [4.78, 5) is 13.8. The van der Waals surface area contributed by atoms with Gasteiger partial charge in [0.2, 0.25) is 0 Å². The van der Waals surface area contributed by atoms with Crippen molar-refractivity contribution in [2.75, 3.05) is 19.6 Å². The Bertz CT molecular complexity index is 391. The van der Waals surface area contributed by atoms with Crippen molar-refractivity contribution in [3.05, 3.63) is 35.9 Å². The van der Waals surface area contributed by atoms with Crippen molar-refractivity contribution < 1.29 is 4.79 Å². The first-order valence-electron chi connectivity index (χ1n) is 7.36. The van der Waals surface area contributed by atoms with Gasteiger partial charge in [0.1, 0.15) is 0 Å². The van der Waals surface area contributed by atoms with Gasteiger partial charge in [-0.15, -0.1) is 0 Å². The zero-order chi connectivity index (χ0) is 13.5. The minimum absolute atomic E-state index is 0.104. The second-order valence-electron chi connectivity index (χ2n) is 5.31. The Morgan fingerprint density at radius 2 is 2.16 bits per heavy atom. The van der Waals surface area contributed by atoms with Crippen LogP contribution >= 0.6 is 0 Å². The molecule has 1 fully saturated rings. The van der Waals surface area contributed by atoms with Gasteiger partial charge in [-0.1, -0.05) is 30.3 Å². The Morgan fingerprint density at radius 1 is 1.37 bits per heavy atom. The van der Waals surface area contributed by atoms with E-state index in [0.29, 0.717) is 12.5 Å². The van der Waals surface area contributed by atoms with E-state index in [1.807, 2.05) is 11.8 Å². The molecule has 3 nitrogen and oxygen atoms in total. The van der Waals surface area contributed by atoms with Crippen molar-refractivity contribution in [1.82, 2.24) is 10.2 Å². The van der Waals surface area contributed by atoms with Crippen molar-refractivity contribution >= 4 is 6.03 Å².